The fourth-order valence-corrected chi connectivity index (χ4v) is 1.56. The Kier molecular flexibility index (Phi) is 3.22. The van der Waals surface area contributed by atoms with Crippen LogP contribution >= 0.6 is 0 Å². The lowest BCUT2D eigenvalue weighted by molar-refractivity contribution is 1.19. The molecule has 0 radical (unpaired) electrons. The van der Waals surface area contributed by atoms with Crippen LogP contribution in [0.2, 0.25) is 0 Å². The van der Waals surface area contributed by atoms with E-state index in [1.165, 1.54) is 0 Å². The quantitative estimate of drug-likeness (QED) is 0.867. The third-order valence-electron chi connectivity index (χ3n) is 2.46. The molecule has 0 saturated carbocycles. The summed E-state index contributed by atoms with van der Waals surface area (Å²) in [6.45, 7) is 1.85. The van der Waals surface area contributed by atoms with Crippen molar-refractivity contribution in [2.24, 2.45) is 0 Å². The number of pyridine rings is 1. The Balaban J connectivity index is 2.44. The second-order valence-electron chi connectivity index (χ2n) is 3.74. The van der Waals surface area contributed by atoms with Gasteiger partial charge in [0.25, 0.3) is 0 Å². The van der Waals surface area contributed by atoms with Crippen molar-refractivity contribution in [1.82, 2.24) is 4.98 Å². The predicted molar refractivity (Wildman–Crippen MR) is 68.1 cm³/mol. The van der Waals surface area contributed by atoms with Crippen LogP contribution in [0.15, 0.2) is 36.4 Å². The number of nitrogens with zero attached hydrogens (tertiary/aromatic N) is 3. The Morgan fingerprint density at radius 1 is 1.00 bits per heavy atom. The molecule has 1 aromatic carbocycles. The first-order chi connectivity index (χ1) is 8.74. The summed E-state index contributed by atoms with van der Waals surface area (Å²) in [5.41, 5.74) is 2.43. The third-order valence-corrected chi connectivity index (χ3v) is 2.46. The fourth-order valence-electron chi connectivity index (χ4n) is 1.56. The number of hydrogen-bond donors (Lipinski definition) is 1. The molecule has 0 atom stereocenters. The molecule has 1 N–H and O–H groups in total. The number of benzene rings is 1. The van der Waals surface area contributed by atoms with Crippen molar-refractivity contribution in [3.8, 4) is 12.1 Å². The van der Waals surface area contributed by atoms with Crippen molar-refractivity contribution < 1.29 is 0 Å². The Morgan fingerprint density at radius 3 is 2.44 bits per heavy atom. The number of anilines is 2. The van der Waals surface area contributed by atoms with Crippen LogP contribution in [0.1, 0.15) is 16.8 Å². The predicted octanol–water partition coefficient (Wildman–Crippen LogP) is 2.88. The maximum Gasteiger partial charge on any atom is 0.148 e. The molecule has 0 unspecified atom stereocenters. The molecule has 0 amide bonds. The van der Waals surface area contributed by atoms with Gasteiger partial charge in [-0.05, 0) is 31.2 Å². The molecule has 86 valence electrons. The largest absolute Gasteiger partial charge is 0.338 e. The Hall–Kier alpha value is -2.85. The van der Waals surface area contributed by atoms with Crippen molar-refractivity contribution in [1.29, 1.82) is 10.5 Å². The van der Waals surface area contributed by atoms with Crippen LogP contribution in [0.5, 0.6) is 0 Å². The standard InChI is InChI=1S/C14H10N4/c1-10-6-7-12(9-16)14(17-10)18-13-5-3-2-4-11(13)8-15/h2-7H,1H3,(H,17,18). The summed E-state index contributed by atoms with van der Waals surface area (Å²) in [6.07, 6.45) is 0. The van der Waals surface area contributed by atoms with E-state index < -0.39 is 0 Å². The average Bonchev–Trinajstić information content (AvgIpc) is 2.40. The number of para-hydroxylation sites is 1. The number of rotatable bonds is 2. The second kappa shape index (κ2) is 4.99. The van der Waals surface area contributed by atoms with Crippen molar-refractivity contribution in [2.45, 2.75) is 6.92 Å². The van der Waals surface area contributed by atoms with Crippen LogP contribution in [0, 0.1) is 29.6 Å². The van der Waals surface area contributed by atoms with Gasteiger partial charge in [0.2, 0.25) is 0 Å². The third kappa shape index (κ3) is 2.28. The summed E-state index contributed by atoms with van der Waals surface area (Å²) < 4.78 is 0. The molecule has 0 aliphatic rings. The van der Waals surface area contributed by atoms with Gasteiger partial charge >= 0.3 is 0 Å². The average molecular weight is 234 g/mol. The van der Waals surface area contributed by atoms with Crippen molar-refractivity contribution in [2.75, 3.05) is 5.32 Å². The highest BCUT2D eigenvalue weighted by molar-refractivity contribution is 5.68. The number of aryl methyl sites for hydroxylation is 1. The SMILES string of the molecule is Cc1ccc(C#N)c(Nc2ccccc2C#N)n1. The lowest BCUT2D eigenvalue weighted by Crippen LogP contribution is -1.99. The molecule has 2 aromatic rings. The zero-order chi connectivity index (χ0) is 13.0. The topological polar surface area (TPSA) is 72.5 Å². The molecule has 0 spiro atoms. The van der Waals surface area contributed by atoms with Crippen molar-refractivity contribution in [3.05, 3.63) is 53.2 Å². The molecule has 1 heterocycles. The van der Waals surface area contributed by atoms with Crippen LogP contribution in [-0.4, -0.2) is 4.98 Å². The first-order valence-electron chi connectivity index (χ1n) is 5.38. The molecule has 0 aliphatic heterocycles. The molecule has 18 heavy (non-hydrogen) atoms. The van der Waals surface area contributed by atoms with E-state index in [-0.39, 0.29) is 0 Å². The van der Waals surface area contributed by atoms with Gasteiger partial charge in [0.05, 0.1) is 16.8 Å². The minimum Gasteiger partial charge on any atom is -0.338 e. The van der Waals surface area contributed by atoms with Crippen LogP contribution in [-0.2, 0) is 0 Å². The molecule has 4 nitrogen and oxygen atoms in total. The van der Waals surface area contributed by atoms with Crippen LogP contribution in [0.25, 0.3) is 0 Å². The lowest BCUT2D eigenvalue weighted by Gasteiger charge is -2.09. The maximum atomic E-state index is 9.02. The first kappa shape index (κ1) is 11.6. The van der Waals surface area contributed by atoms with Gasteiger partial charge in [-0.2, -0.15) is 10.5 Å². The summed E-state index contributed by atoms with van der Waals surface area (Å²) in [5, 5.41) is 21.0. The first-order valence-corrected chi connectivity index (χ1v) is 5.38. The van der Waals surface area contributed by atoms with E-state index in [9.17, 15) is 0 Å². The van der Waals surface area contributed by atoms with E-state index in [1.54, 1.807) is 30.3 Å². The molecule has 1 aromatic heterocycles. The van der Waals surface area contributed by atoms with Gasteiger partial charge in [-0.25, -0.2) is 4.98 Å². The minimum atomic E-state index is 0.452. The monoisotopic (exact) mass is 234 g/mol. The minimum absolute atomic E-state index is 0.452. The molecular formula is C14H10N4. The van der Waals surface area contributed by atoms with Gasteiger partial charge in [-0.3, -0.25) is 0 Å². The molecular weight excluding hydrogens is 224 g/mol. The van der Waals surface area contributed by atoms with Gasteiger partial charge in [0, 0.05) is 5.69 Å². The molecule has 4 heteroatoms. The van der Waals surface area contributed by atoms with E-state index in [1.807, 2.05) is 13.0 Å². The summed E-state index contributed by atoms with van der Waals surface area (Å²) in [5.74, 6) is 0.472. The number of aromatic nitrogens is 1. The molecule has 2 rings (SSSR count). The summed E-state index contributed by atoms with van der Waals surface area (Å²) >= 11 is 0. The number of hydrogen-bond acceptors (Lipinski definition) is 4. The van der Waals surface area contributed by atoms with Crippen LogP contribution < -0.4 is 5.32 Å². The van der Waals surface area contributed by atoms with Gasteiger partial charge in [-0.15, -0.1) is 0 Å². The Morgan fingerprint density at radius 2 is 1.72 bits per heavy atom. The van der Waals surface area contributed by atoms with Gasteiger partial charge in [0.15, 0.2) is 0 Å². The van der Waals surface area contributed by atoms with E-state index in [2.05, 4.69) is 22.4 Å². The summed E-state index contributed by atoms with van der Waals surface area (Å²) in [4.78, 5) is 4.27. The zero-order valence-corrected chi connectivity index (χ0v) is 9.81. The van der Waals surface area contributed by atoms with E-state index in [0.717, 1.165) is 5.69 Å². The van der Waals surface area contributed by atoms with Gasteiger partial charge in [-0.1, -0.05) is 12.1 Å². The highest BCUT2D eigenvalue weighted by atomic mass is 15.0. The molecule has 0 bridgehead atoms. The van der Waals surface area contributed by atoms with Crippen molar-refractivity contribution in [3.63, 3.8) is 0 Å². The summed E-state index contributed by atoms with van der Waals surface area (Å²) in [6, 6.07) is 14.8. The van der Waals surface area contributed by atoms with Crippen molar-refractivity contribution >= 4 is 11.5 Å². The van der Waals surface area contributed by atoms with E-state index >= 15 is 0 Å². The second-order valence-corrected chi connectivity index (χ2v) is 3.74. The summed E-state index contributed by atoms with van der Waals surface area (Å²) in [7, 11) is 0. The normalized spacial score (nSPS) is 9.28. The van der Waals surface area contributed by atoms with Gasteiger partial charge < -0.3 is 5.32 Å². The lowest BCUT2D eigenvalue weighted by atomic mass is 10.2. The number of nitrogens with one attached hydrogen (secondary N) is 1. The van der Waals surface area contributed by atoms with E-state index in [4.69, 9.17) is 10.5 Å². The van der Waals surface area contributed by atoms with Gasteiger partial charge in [0.1, 0.15) is 18.0 Å². The maximum absolute atomic E-state index is 9.02. The van der Waals surface area contributed by atoms with Crippen LogP contribution in [0.4, 0.5) is 11.5 Å². The van der Waals surface area contributed by atoms with E-state index in [0.29, 0.717) is 22.6 Å². The van der Waals surface area contributed by atoms with Crippen LogP contribution in [0.3, 0.4) is 0 Å². The Bertz CT molecular complexity index is 662. The molecule has 0 fully saturated rings. The fraction of sp³-hybridized carbons (Fsp3) is 0.0714. The highest BCUT2D eigenvalue weighted by Gasteiger charge is 2.07. The molecule has 0 saturated heterocycles. The Labute approximate surface area is 105 Å². The smallest absolute Gasteiger partial charge is 0.148 e. The zero-order valence-electron chi connectivity index (χ0n) is 9.81. The molecule has 0 aliphatic carbocycles. The highest BCUT2D eigenvalue weighted by Crippen LogP contribution is 2.21. The number of nitriles is 2.